The zero-order valence-electron chi connectivity index (χ0n) is 15.8. The Morgan fingerprint density at radius 1 is 1.00 bits per heavy atom. The van der Waals surface area contributed by atoms with Gasteiger partial charge in [0.25, 0.3) is 5.91 Å². The van der Waals surface area contributed by atoms with Crippen molar-refractivity contribution >= 4 is 11.9 Å². The Bertz CT molecular complexity index is 1080. The average Bonchev–Trinajstić information content (AvgIpc) is 3.24. The maximum atomic E-state index is 13.5. The number of urea groups is 1. The number of carbonyl (C=O) groups excluding carboxylic acids is 2. The Balaban J connectivity index is 1.50. The molecule has 1 atom stereocenters. The number of fused-ring (bicyclic) bond motifs is 2. The summed E-state index contributed by atoms with van der Waals surface area (Å²) in [6.45, 7) is 0.0104. The number of carbonyl (C=O) groups is 2. The normalized spacial score (nSPS) is 21.2. The predicted molar refractivity (Wildman–Crippen MR) is 104 cm³/mol. The highest BCUT2D eigenvalue weighted by Gasteiger charge is 2.53. The van der Waals surface area contributed by atoms with Crippen LogP contribution < -0.4 is 5.32 Å². The van der Waals surface area contributed by atoms with Gasteiger partial charge in [0, 0.05) is 0 Å². The summed E-state index contributed by atoms with van der Waals surface area (Å²) in [6.07, 6.45) is 3.37. The van der Waals surface area contributed by atoms with Crippen molar-refractivity contribution < 1.29 is 9.59 Å². The number of nitrogens with zero attached hydrogens (tertiary/aromatic N) is 5. The van der Waals surface area contributed by atoms with Crippen LogP contribution >= 0.6 is 0 Å². The van der Waals surface area contributed by atoms with E-state index in [9.17, 15) is 9.59 Å². The monoisotopic (exact) mass is 388 g/mol. The van der Waals surface area contributed by atoms with Crippen LogP contribution in [0.15, 0.2) is 54.6 Å². The number of amides is 3. The van der Waals surface area contributed by atoms with E-state index in [0.717, 1.165) is 36.1 Å². The molecule has 1 spiro atoms. The van der Waals surface area contributed by atoms with Crippen molar-refractivity contribution in [2.24, 2.45) is 0 Å². The molecule has 1 unspecified atom stereocenters. The van der Waals surface area contributed by atoms with Gasteiger partial charge in [-0.15, -0.1) is 5.10 Å². The third-order valence-corrected chi connectivity index (χ3v) is 5.74. The zero-order chi connectivity index (χ0) is 19.8. The molecule has 0 saturated carbocycles. The third kappa shape index (κ3) is 2.79. The molecule has 2 aromatic carbocycles. The Morgan fingerprint density at radius 3 is 2.66 bits per heavy atom. The van der Waals surface area contributed by atoms with E-state index in [4.69, 9.17) is 0 Å². The van der Waals surface area contributed by atoms with Crippen LogP contribution in [0.5, 0.6) is 0 Å². The molecule has 3 amide bonds. The highest BCUT2D eigenvalue weighted by Crippen LogP contribution is 2.39. The van der Waals surface area contributed by atoms with E-state index in [1.54, 1.807) is 4.68 Å². The number of hydrogen-bond donors (Lipinski definition) is 1. The number of tetrazole rings is 1. The maximum Gasteiger partial charge on any atom is 0.325 e. The number of para-hydroxylation sites is 1. The summed E-state index contributed by atoms with van der Waals surface area (Å²) >= 11 is 0. The fraction of sp³-hybridized carbons (Fsp3) is 0.286. The standard InChI is InChI=1S/C21H20N6O2/c28-19-21(13-7-6-9-15-8-4-5-12-17(15)21)22-20(29)26(19)14-18-23-24-25-27(18)16-10-2-1-3-11-16/h1-5,8,10-12H,6-7,9,13-14H2,(H,22,29). The van der Waals surface area contributed by atoms with E-state index >= 15 is 0 Å². The summed E-state index contributed by atoms with van der Waals surface area (Å²) in [4.78, 5) is 27.6. The maximum absolute atomic E-state index is 13.5. The molecule has 1 aliphatic carbocycles. The van der Waals surface area contributed by atoms with Gasteiger partial charge in [0.2, 0.25) is 0 Å². The highest BCUT2D eigenvalue weighted by atomic mass is 16.2. The first kappa shape index (κ1) is 17.5. The molecule has 1 saturated heterocycles. The van der Waals surface area contributed by atoms with Gasteiger partial charge in [0.1, 0.15) is 5.54 Å². The van der Waals surface area contributed by atoms with Crippen LogP contribution in [0.3, 0.4) is 0 Å². The molecule has 1 aromatic heterocycles. The van der Waals surface area contributed by atoms with Crippen LogP contribution in [0.1, 0.15) is 36.2 Å². The fourth-order valence-corrected chi connectivity index (χ4v) is 4.33. The summed E-state index contributed by atoms with van der Waals surface area (Å²) in [7, 11) is 0. The Kier molecular flexibility index (Phi) is 4.12. The van der Waals surface area contributed by atoms with Gasteiger partial charge in [-0.3, -0.25) is 9.69 Å². The minimum atomic E-state index is -1.00. The first-order valence-corrected chi connectivity index (χ1v) is 9.74. The highest BCUT2D eigenvalue weighted by molar-refractivity contribution is 6.07. The molecule has 8 nitrogen and oxygen atoms in total. The minimum Gasteiger partial charge on any atom is -0.319 e. The molecular formula is C21H20N6O2. The van der Waals surface area contributed by atoms with Crippen molar-refractivity contribution in [2.75, 3.05) is 0 Å². The second-order valence-corrected chi connectivity index (χ2v) is 7.43. The van der Waals surface area contributed by atoms with Crippen molar-refractivity contribution in [3.8, 4) is 5.69 Å². The van der Waals surface area contributed by atoms with Crippen molar-refractivity contribution in [1.29, 1.82) is 0 Å². The molecule has 5 rings (SSSR count). The number of nitrogens with one attached hydrogen (secondary N) is 1. The lowest BCUT2D eigenvalue weighted by Crippen LogP contribution is -2.44. The van der Waals surface area contributed by atoms with Crippen LogP contribution in [-0.2, 0) is 23.3 Å². The average molecular weight is 388 g/mol. The quantitative estimate of drug-likeness (QED) is 0.695. The Hall–Kier alpha value is -3.55. The van der Waals surface area contributed by atoms with Crippen molar-refractivity contribution in [2.45, 2.75) is 37.8 Å². The number of aryl methyl sites for hydroxylation is 1. The number of hydrogen-bond acceptors (Lipinski definition) is 5. The number of aromatic nitrogens is 4. The second kappa shape index (κ2) is 6.80. The molecule has 1 N–H and O–H groups in total. The summed E-state index contributed by atoms with van der Waals surface area (Å²) in [6, 6.07) is 16.9. The molecule has 0 radical (unpaired) electrons. The van der Waals surface area contributed by atoms with Gasteiger partial charge < -0.3 is 5.32 Å². The topological polar surface area (TPSA) is 93.0 Å². The van der Waals surface area contributed by atoms with Crippen molar-refractivity contribution in [3.05, 3.63) is 71.5 Å². The van der Waals surface area contributed by atoms with Gasteiger partial charge in [-0.2, -0.15) is 4.68 Å². The number of imide groups is 1. The summed E-state index contributed by atoms with van der Waals surface area (Å²) in [5.74, 6) is 0.193. The first-order valence-electron chi connectivity index (χ1n) is 9.74. The smallest absolute Gasteiger partial charge is 0.319 e. The molecule has 29 heavy (non-hydrogen) atoms. The Morgan fingerprint density at radius 2 is 1.79 bits per heavy atom. The SMILES string of the molecule is O=C1NC2(CCCCc3ccccc32)C(=O)N1Cc1nnnn1-c1ccccc1. The summed E-state index contributed by atoms with van der Waals surface area (Å²) in [5.41, 5.74) is 1.79. The second-order valence-electron chi connectivity index (χ2n) is 7.43. The lowest BCUT2D eigenvalue weighted by Gasteiger charge is -2.27. The van der Waals surface area contributed by atoms with E-state index in [1.165, 1.54) is 4.90 Å². The Labute approximate surface area is 167 Å². The summed E-state index contributed by atoms with van der Waals surface area (Å²) < 4.78 is 1.55. The molecule has 3 aromatic rings. The molecule has 0 bridgehead atoms. The molecular weight excluding hydrogens is 368 g/mol. The van der Waals surface area contributed by atoms with Gasteiger partial charge in [-0.25, -0.2) is 4.79 Å². The van der Waals surface area contributed by atoms with Crippen LogP contribution in [0.2, 0.25) is 0 Å². The zero-order valence-corrected chi connectivity index (χ0v) is 15.8. The number of benzene rings is 2. The number of rotatable bonds is 3. The van der Waals surface area contributed by atoms with Crippen LogP contribution in [0, 0.1) is 0 Å². The van der Waals surface area contributed by atoms with E-state index in [1.807, 2.05) is 54.6 Å². The van der Waals surface area contributed by atoms with Crippen LogP contribution in [0.25, 0.3) is 5.69 Å². The van der Waals surface area contributed by atoms with Crippen LogP contribution in [-0.4, -0.2) is 37.0 Å². The van der Waals surface area contributed by atoms with Gasteiger partial charge in [0.05, 0.1) is 12.2 Å². The first-order chi connectivity index (χ1) is 14.2. The van der Waals surface area contributed by atoms with E-state index in [0.29, 0.717) is 12.2 Å². The van der Waals surface area contributed by atoms with Crippen molar-refractivity contribution in [1.82, 2.24) is 30.4 Å². The lowest BCUT2D eigenvalue weighted by molar-refractivity contribution is -0.132. The molecule has 2 heterocycles. The van der Waals surface area contributed by atoms with Crippen molar-refractivity contribution in [3.63, 3.8) is 0 Å². The molecule has 8 heteroatoms. The molecule has 2 aliphatic rings. The van der Waals surface area contributed by atoms with E-state index < -0.39 is 11.6 Å². The van der Waals surface area contributed by atoms with E-state index in [-0.39, 0.29) is 12.5 Å². The molecule has 1 fully saturated rings. The van der Waals surface area contributed by atoms with Gasteiger partial charge in [-0.1, -0.05) is 42.5 Å². The fourth-order valence-electron chi connectivity index (χ4n) is 4.33. The minimum absolute atomic E-state index is 0.0104. The van der Waals surface area contributed by atoms with Crippen LogP contribution in [0.4, 0.5) is 4.79 Å². The summed E-state index contributed by atoms with van der Waals surface area (Å²) in [5, 5.41) is 14.8. The molecule has 146 valence electrons. The predicted octanol–water partition coefficient (Wildman–Crippen LogP) is 2.34. The van der Waals surface area contributed by atoms with Gasteiger partial charge >= 0.3 is 6.03 Å². The molecule has 1 aliphatic heterocycles. The van der Waals surface area contributed by atoms with Gasteiger partial charge in [-0.05, 0) is 59.4 Å². The van der Waals surface area contributed by atoms with E-state index in [2.05, 4.69) is 20.8 Å². The lowest BCUT2D eigenvalue weighted by atomic mass is 9.84. The largest absolute Gasteiger partial charge is 0.325 e. The van der Waals surface area contributed by atoms with Gasteiger partial charge in [0.15, 0.2) is 5.82 Å². The third-order valence-electron chi connectivity index (χ3n) is 5.74.